The number of thioether (sulfide) groups is 1. The van der Waals surface area contributed by atoms with Crippen LogP contribution in [0.4, 0.5) is 0 Å². The maximum atomic E-state index is 5.40. The van der Waals surface area contributed by atoms with E-state index in [0.717, 1.165) is 18.6 Å². The topological polar surface area (TPSA) is 27.7 Å². The molecule has 0 aromatic carbocycles. The summed E-state index contributed by atoms with van der Waals surface area (Å²) in [7, 11) is 3.42. The van der Waals surface area contributed by atoms with Crippen LogP contribution in [0, 0.1) is 0 Å². The van der Waals surface area contributed by atoms with Gasteiger partial charge in [0.2, 0.25) is 4.38 Å². The van der Waals surface area contributed by atoms with Crippen LogP contribution < -0.4 is 0 Å². The third-order valence-electron chi connectivity index (χ3n) is 2.29. The van der Waals surface area contributed by atoms with Gasteiger partial charge in [-0.2, -0.15) is 0 Å². The molecule has 0 heterocycles. The molecule has 106 valence electrons. The Morgan fingerprint density at radius 1 is 1.12 bits per heavy atom. The molecule has 3 nitrogen and oxygen atoms in total. The summed E-state index contributed by atoms with van der Waals surface area (Å²) in [5.41, 5.74) is 0. The number of hydrogen-bond donors (Lipinski definition) is 0. The van der Waals surface area contributed by atoms with E-state index in [1.165, 1.54) is 0 Å². The molecule has 0 bridgehead atoms. The monoisotopic (exact) mass is 461 g/mol. The van der Waals surface area contributed by atoms with E-state index in [4.69, 9.17) is 26.4 Å². The Morgan fingerprint density at radius 3 is 2.18 bits per heavy atom. The van der Waals surface area contributed by atoms with Crippen LogP contribution in [0.2, 0.25) is 0 Å². The Hall–Kier alpha value is 0.848. The molecule has 0 saturated carbocycles. The van der Waals surface area contributed by atoms with Crippen molar-refractivity contribution in [3.63, 3.8) is 0 Å². The normalized spacial score (nSPS) is 13.6. The Bertz CT molecular complexity index is 176. The Kier molecular flexibility index (Phi) is 15.8. The van der Waals surface area contributed by atoms with Gasteiger partial charge in [-0.1, -0.05) is 11.8 Å². The molecule has 0 rings (SSSR count). The van der Waals surface area contributed by atoms with Gasteiger partial charge in [0.05, 0.1) is 18.8 Å². The predicted molar refractivity (Wildman–Crippen MR) is 73.2 cm³/mol. The second-order valence-electron chi connectivity index (χ2n) is 3.62. The van der Waals surface area contributed by atoms with Crippen LogP contribution in [0.15, 0.2) is 0 Å². The minimum absolute atomic E-state index is 0. The average molecular weight is 462 g/mol. The van der Waals surface area contributed by atoms with E-state index >= 15 is 0 Å². The van der Waals surface area contributed by atoms with Gasteiger partial charge in [-0.15, -0.1) is 0 Å². The van der Waals surface area contributed by atoms with Crippen molar-refractivity contribution in [2.75, 3.05) is 26.6 Å². The number of thiocarbonyl (C=S) groups is 1. The van der Waals surface area contributed by atoms with Crippen molar-refractivity contribution in [2.45, 2.75) is 38.9 Å². The van der Waals surface area contributed by atoms with Crippen LogP contribution in [0.5, 0.6) is 0 Å². The molecule has 0 aromatic heterocycles. The van der Waals surface area contributed by atoms with Gasteiger partial charge in [0.1, 0.15) is 0 Å². The zero-order valence-corrected chi connectivity index (χ0v) is 14.7. The first-order valence-corrected chi connectivity index (χ1v) is 6.84. The summed E-state index contributed by atoms with van der Waals surface area (Å²) in [6.07, 6.45) is 2.36. The van der Waals surface area contributed by atoms with Crippen LogP contribution in [0.3, 0.4) is 0 Å². The SMILES string of the molecule is COC(C)CCOC(=S)SCCC(C)OC.[Pt]. The molecule has 0 aliphatic carbocycles. The second kappa shape index (κ2) is 13.3. The van der Waals surface area contributed by atoms with E-state index in [1.807, 2.05) is 13.8 Å². The molecule has 6 heteroatoms. The van der Waals surface area contributed by atoms with Crippen molar-refractivity contribution in [1.82, 2.24) is 0 Å². The molecule has 0 amide bonds. The minimum atomic E-state index is 0. The van der Waals surface area contributed by atoms with Gasteiger partial charge in [0.25, 0.3) is 0 Å². The van der Waals surface area contributed by atoms with Gasteiger partial charge in [-0.25, -0.2) is 0 Å². The van der Waals surface area contributed by atoms with Crippen molar-refractivity contribution in [3.05, 3.63) is 0 Å². The molecule has 0 spiro atoms. The molecule has 2 atom stereocenters. The zero-order valence-electron chi connectivity index (χ0n) is 10.8. The molecule has 0 aromatic rings. The summed E-state index contributed by atoms with van der Waals surface area (Å²) in [6.45, 7) is 4.69. The van der Waals surface area contributed by atoms with Gasteiger partial charge in [0, 0.05) is 47.5 Å². The summed E-state index contributed by atoms with van der Waals surface area (Å²) in [6, 6.07) is 0. The molecule has 0 saturated heterocycles. The van der Waals surface area contributed by atoms with E-state index in [-0.39, 0.29) is 33.3 Å². The first kappa shape index (κ1) is 20.2. The first-order chi connectivity index (χ1) is 7.60. The summed E-state index contributed by atoms with van der Waals surface area (Å²) in [4.78, 5) is 0. The van der Waals surface area contributed by atoms with Crippen molar-refractivity contribution >= 4 is 28.4 Å². The molecule has 0 fully saturated rings. The maximum absolute atomic E-state index is 5.40. The second-order valence-corrected chi connectivity index (χ2v) is 5.31. The minimum Gasteiger partial charge on any atom is -0.478 e. The zero-order chi connectivity index (χ0) is 12.4. The number of methoxy groups -OCH3 is 2. The van der Waals surface area contributed by atoms with Gasteiger partial charge in [-0.3, -0.25) is 0 Å². The maximum Gasteiger partial charge on any atom is 0.219 e. The summed E-state index contributed by atoms with van der Waals surface area (Å²) in [5, 5.41) is 0. The molecule has 0 aliphatic heterocycles. The number of ether oxygens (including phenoxy) is 3. The van der Waals surface area contributed by atoms with Crippen LogP contribution in [0.25, 0.3) is 0 Å². The quantitative estimate of drug-likeness (QED) is 0.519. The molecular formula is C11H22O3PtS2. The number of hydrogen-bond acceptors (Lipinski definition) is 5. The van der Waals surface area contributed by atoms with Gasteiger partial charge >= 0.3 is 0 Å². The third-order valence-corrected chi connectivity index (χ3v) is 3.56. The van der Waals surface area contributed by atoms with Crippen molar-refractivity contribution in [3.8, 4) is 0 Å². The van der Waals surface area contributed by atoms with Gasteiger partial charge < -0.3 is 14.2 Å². The largest absolute Gasteiger partial charge is 0.478 e. The Morgan fingerprint density at radius 2 is 1.65 bits per heavy atom. The Labute approximate surface area is 129 Å². The Balaban J connectivity index is 0. The fraction of sp³-hybridized carbons (Fsp3) is 0.909. The fourth-order valence-electron chi connectivity index (χ4n) is 0.894. The van der Waals surface area contributed by atoms with Crippen LogP contribution in [0.1, 0.15) is 26.7 Å². The third kappa shape index (κ3) is 13.1. The van der Waals surface area contributed by atoms with Crippen molar-refractivity contribution in [1.29, 1.82) is 0 Å². The molecular weight excluding hydrogens is 439 g/mol. The summed E-state index contributed by atoms with van der Waals surface area (Å²) in [5.74, 6) is 0.938. The predicted octanol–water partition coefficient (Wildman–Crippen LogP) is 2.87. The van der Waals surface area contributed by atoms with E-state index in [9.17, 15) is 0 Å². The summed E-state index contributed by atoms with van der Waals surface area (Å²) < 4.78 is 16.3. The fourth-order valence-corrected chi connectivity index (χ4v) is 2.01. The van der Waals surface area contributed by atoms with Crippen LogP contribution in [-0.4, -0.2) is 43.2 Å². The first-order valence-electron chi connectivity index (χ1n) is 5.45. The molecule has 0 N–H and O–H groups in total. The molecule has 17 heavy (non-hydrogen) atoms. The number of rotatable bonds is 8. The molecule has 0 aliphatic rings. The van der Waals surface area contributed by atoms with Crippen LogP contribution in [-0.2, 0) is 35.3 Å². The van der Waals surface area contributed by atoms with Crippen molar-refractivity contribution in [2.24, 2.45) is 0 Å². The smallest absolute Gasteiger partial charge is 0.219 e. The van der Waals surface area contributed by atoms with E-state index in [0.29, 0.717) is 11.0 Å². The van der Waals surface area contributed by atoms with Crippen LogP contribution >= 0.6 is 24.0 Å². The van der Waals surface area contributed by atoms with Gasteiger partial charge in [-0.05, 0) is 32.5 Å². The van der Waals surface area contributed by atoms with E-state index < -0.39 is 0 Å². The van der Waals surface area contributed by atoms with E-state index in [2.05, 4.69) is 0 Å². The van der Waals surface area contributed by atoms with Gasteiger partial charge in [0.15, 0.2) is 0 Å². The van der Waals surface area contributed by atoms with Crippen molar-refractivity contribution < 1.29 is 35.3 Å². The van der Waals surface area contributed by atoms with E-state index in [1.54, 1.807) is 26.0 Å². The summed E-state index contributed by atoms with van der Waals surface area (Å²) >= 11 is 6.66. The molecule has 2 unspecified atom stereocenters. The molecule has 0 radical (unpaired) electrons. The average Bonchev–Trinajstić information content (AvgIpc) is 2.28. The standard InChI is InChI=1S/C11H22O3S2.Pt/c1-9(12-3)5-7-14-11(15)16-8-6-10(2)13-4;/h9-10H,5-8H2,1-4H3;.